The Hall–Kier alpha value is -1.23. The Morgan fingerprint density at radius 3 is 2.38 bits per heavy atom. The van der Waals surface area contributed by atoms with Crippen LogP contribution < -0.4 is 5.73 Å². The van der Waals surface area contributed by atoms with Gasteiger partial charge in [-0.15, -0.1) is 0 Å². The van der Waals surface area contributed by atoms with Crippen LogP contribution in [0.3, 0.4) is 0 Å². The van der Waals surface area contributed by atoms with E-state index in [-0.39, 0.29) is 11.3 Å². The number of hydrogen-bond donors (Lipinski definition) is 2. The lowest BCUT2D eigenvalue weighted by molar-refractivity contribution is 0.114. The first kappa shape index (κ1) is 9.85. The Bertz CT molecular complexity index is 303. The lowest BCUT2D eigenvalue weighted by Gasteiger charge is -2.11. The summed E-state index contributed by atoms with van der Waals surface area (Å²) in [5, 5.41) is 8.79. The van der Waals surface area contributed by atoms with Gasteiger partial charge in [-0.05, 0) is 6.07 Å². The van der Waals surface area contributed by atoms with Crippen LogP contribution in [-0.4, -0.2) is 11.5 Å². The van der Waals surface area contributed by atoms with Gasteiger partial charge in [0, 0.05) is 11.6 Å². The molecule has 72 valence electrons. The number of rotatable bonds is 2. The summed E-state index contributed by atoms with van der Waals surface area (Å²) in [4.78, 5) is 0. The van der Waals surface area contributed by atoms with E-state index >= 15 is 0 Å². The van der Waals surface area contributed by atoms with Crippen molar-refractivity contribution in [3.63, 3.8) is 0 Å². The molecular formula is C8H8F3NO. The average Bonchev–Trinajstić information content (AvgIpc) is 2.03. The third-order valence-electron chi connectivity index (χ3n) is 1.61. The molecule has 1 rings (SSSR count). The summed E-state index contributed by atoms with van der Waals surface area (Å²) < 4.78 is 37.0. The van der Waals surface area contributed by atoms with E-state index in [0.717, 1.165) is 18.2 Å². The number of nitrogens with two attached hydrogens (primary N) is 1. The van der Waals surface area contributed by atoms with Crippen molar-refractivity contribution in [2.24, 2.45) is 5.73 Å². The van der Waals surface area contributed by atoms with Gasteiger partial charge in [-0.2, -0.15) is 0 Å². The quantitative estimate of drug-likeness (QED) is 0.748. The van der Waals surface area contributed by atoms with Crippen molar-refractivity contribution in [3.8, 4) is 5.75 Å². The zero-order chi connectivity index (χ0) is 10.0. The molecule has 0 aliphatic heterocycles. The summed E-state index contributed by atoms with van der Waals surface area (Å²) in [5.74, 6) is -1.24. The topological polar surface area (TPSA) is 46.2 Å². The minimum absolute atomic E-state index is 0.298. The van der Waals surface area contributed by atoms with E-state index in [1.54, 1.807) is 0 Å². The van der Waals surface area contributed by atoms with Gasteiger partial charge in [0.05, 0.1) is 6.04 Å². The summed E-state index contributed by atoms with van der Waals surface area (Å²) in [6.07, 6.45) is -2.82. The van der Waals surface area contributed by atoms with Crippen LogP contribution in [0, 0.1) is 5.82 Å². The number of alkyl halides is 2. The van der Waals surface area contributed by atoms with Gasteiger partial charge in [0.1, 0.15) is 11.6 Å². The van der Waals surface area contributed by atoms with Gasteiger partial charge in [0.15, 0.2) is 0 Å². The fourth-order valence-electron chi connectivity index (χ4n) is 0.922. The highest BCUT2D eigenvalue weighted by molar-refractivity contribution is 5.29. The van der Waals surface area contributed by atoms with Crippen molar-refractivity contribution in [2.45, 2.75) is 12.5 Å². The van der Waals surface area contributed by atoms with Crippen LogP contribution in [0.1, 0.15) is 11.6 Å². The largest absolute Gasteiger partial charge is 0.508 e. The standard InChI is InChI=1S/C8H8F3NO/c9-6-3-4(13)1-2-5(6)7(12)8(10)11/h1-3,7-8,13H,12H2/t7-/m1/s1. The molecule has 0 aliphatic rings. The summed E-state index contributed by atoms with van der Waals surface area (Å²) in [5.41, 5.74) is 4.72. The van der Waals surface area contributed by atoms with Crippen LogP contribution >= 0.6 is 0 Å². The Kier molecular flexibility index (Phi) is 2.77. The number of benzene rings is 1. The summed E-state index contributed by atoms with van der Waals surface area (Å²) >= 11 is 0. The molecule has 0 aliphatic carbocycles. The Balaban J connectivity index is 3.01. The van der Waals surface area contributed by atoms with Gasteiger partial charge in [0.2, 0.25) is 0 Å². The van der Waals surface area contributed by atoms with Crippen LogP contribution in [0.4, 0.5) is 13.2 Å². The van der Waals surface area contributed by atoms with Crippen molar-refractivity contribution in [1.82, 2.24) is 0 Å². The van der Waals surface area contributed by atoms with Crippen LogP contribution in [0.5, 0.6) is 5.75 Å². The van der Waals surface area contributed by atoms with Gasteiger partial charge in [0.25, 0.3) is 6.43 Å². The van der Waals surface area contributed by atoms with Crippen molar-refractivity contribution >= 4 is 0 Å². The average molecular weight is 191 g/mol. The molecule has 0 spiro atoms. The summed E-state index contributed by atoms with van der Waals surface area (Å²) in [6, 6.07) is 1.25. The maximum atomic E-state index is 12.9. The molecule has 5 heteroatoms. The van der Waals surface area contributed by atoms with Crippen LogP contribution in [0.2, 0.25) is 0 Å². The first-order valence-corrected chi connectivity index (χ1v) is 3.54. The zero-order valence-electron chi connectivity index (χ0n) is 6.55. The molecule has 1 aromatic carbocycles. The molecule has 0 bridgehead atoms. The molecule has 0 heterocycles. The maximum Gasteiger partial charge on any atom is 0.257 e. The van der Waals surface area contributed by atoms with Crippen LogP contribution in [-0.2, 0) is 0 Å². The number of halogens is 3. The van der Waals surface area contributed by atoms with Gasteiger partial charge in [-0.3, -0.25) is 0 Å². The molecule has 2 nitrogen and oxygen atoms in total. The molecule has 0 aromatic heterocycles. The van der Waals surface area contributed by atoms with Gasteiger partial charge in [-0.25, -0.2) is 13.2 Å². The predicted molar refractivity (Wildman–Crippen MR) is 41.0 cm³/mol. The maximum absolute atomic E-state index is 12.9. The number of phenolic OH excluding ortho intramolecular Hbond substituents is 1. The van der Waals surface area contributed by atoms with Crippen molar-refractivity contribution < 1.29 is 18.3 Å². The third-order valence-corrected chi connectivity index (χ3v) is 1.61. The number of aromatic hydroxyl groups is 1. The zero-order valence-corrected chi connectivity index (χ0v) is 6.55. The first-order valence-electron chi connectivity index (χ1n) is 3.54. The number of hydrogen-bond acceptors (Lipinski definition) is 2. The lowest BCUT2D eigenvalue weighted by atomic mass is 10.1. The van der Waals surface area contributed by atoms with E-state index in [1.165, 1.54) is 0 Å². The van der Waals surface area contributed by atoms with E-state index in [2.05, 4.69) is 0 Å². The summed E-state index contributed by atoms with van der Waals surface area (Å²) in [6.45, 7) is 0. The highest BCUT2D eigenvalue weighted by Gasteiger charge is 2.20. The van der Waals surface area contributed by atoms with Crippen LogP contribution in [0.25, 0.3) is 0 Å². The van der Waals surface area contributed by atoms with Gasteiger partial charge >= 0.3 is 0 Å². The fourth-order valence-corrected chi connectivity index (χ4v) is 0.922. The SMILES string of the molecule is N[C@H](c1ccc(O)cc1F)C(F)F. The highest BCUT2D eigenvalue weighted by Crippen LogP contribution is 2.23. The molecule has 0 unspecified atom stereocenters. The monoisotopic (exact) mass is 191 g/mol. The fraction of sp³-hybridized carbons (Fsp3) is 0.250. The minimum Gasteiger partial charge on any atom is -0.508 e. The third kappa shape index (κ3) is 2.12. The highest BCUT2D eigenvalue weighted by atomic mass is 19.3. The molecule has 0 radical (unpaired) electrons. The van der Waals surface area contributed by atoms with E-state index in [1.807, 2.05) is 0 Å². The van der Waals surface area contributed by atoms with E-state index < -0.39 is 18.3 Å². The Morgan fingerprint density at radius 2 is 1.92 bits per heavy atom. The van der Waals surface area contributed by atoms with Crippen molar-refractivity contribution in [1.29, 1.82) is 0 Å². The molecule has 1 aromatic rings. The molecule has 0 saturated heterocycles. The lowest BCUT2D eigenvalue weighted by Crippen LogP contribution is -2.20. The molecular weight excluding hydrogens is 183 g/mol. The molecule has 1 atom stereocenters. The molecule has 0 saturated carbocycles. The first-order chi connectivity index (χ1) is 6.02. The van der Waals surface area contributed by atoms with E-state index in [0.29, 0.717) is 0 Å². The molecule has 13 heavy (non-hydrogen) atoms. The van der Waals surface area contributed by atoms with Crippen molar-refractivity contribution in [2.75, 3.05) is 0 Å². The minimum atomic E-state index is -2.82. The summed E-state index contributed by atoms with van der Waals surface area (Å²) in [7, 11) is 0. The molecule has 0 amide bonds. The molecule has 0 fully saturated rings. The second-order valence-corrected chi connectivity index (χ2v) is 2.57. The second kappa shape index (κ2) is 3.66. The normalized spacial score (nSPS) is 13.3. The Labute approximate surface area is 72.8 Å². The van der Waals surface area contributed by atoms with Gasteiger partial charge in [-0.1, -0.05) is 6.07 Å². The van der Waals surface area contributed by atoms with Gasteiger partial charge < -0.3 is 10.8 Å². The smallest absolute Gasteiger partial charge is 0.257 e. The molecule has 3 N–H and O–H groups in total. The van der Waals surface area contributed by atoms with Crippen LogP contribution in [0.15, 0.2) is 18.2 Å². The van der Waals surface area contributed by atoms with E-state index in [9.17, 15) is 13.2 Å². The predicted octanol–water partition coefficient (Wildman–Crippen LogP) is 1.80. The number of phenols is 1. The van der Waals surface area contributed by atoms with Crippen molar-refractivity contribution in [3.05, 3.63) is 29.6 Å². The van der Waals surface area contributed by atoms with E-state index in [4.69, 9.17) is 10.8 Å². The Morgan fingerprint density at radius 1 is 1.31 bits per heavy atom. The second-order valence-electron chi connectivity index (χ2n) is 2.57.